The second kappa shape index (κ2) is 4.41. The van der Waals surface area contributed by atoms with Gasteiger partial charge in [-0.2, -0.15) is 0 Å². The van der Waals surface area contributed by atoms with E-state index in [1.54, 1.807) is 12.2 Å². The molecule has 0 radical (unpaired) electrons. The molecule has 0 bridgehead atoms. The van der Waals surface area contributed by atoms with Crippen molar-refractivity contribution in [1.29, 1.82) is 0 Å². The molecule has 0 heterocycles. The number of carbonyl (C=O) groups excluding carboxylic acids is 2. The van der Waals surface area contributed by atoms with Gasteiger partial charge in [-0.25, -0.2) is 0 Å². The highest BCUT2D eigenvalue weighted by Crippen LogP contribution is 2.09. The molecule has 1 aliphatic carbocycles. The van der Waals surface area contributed by atoms with Crippen LogP contribution in [-0.4, -0.2) is 23.3 Å². The molecule has 0 aromatic carbocycles. The first-order valence-corrected chi connectivity index (χ1v) is 4.17. The number of hydrogen-bond donors (Lipinski definition) is 2. The lowest BCUT2D eigenvalue weighted by molar-refractivity contribution is -0.118. The average molecular weight is 193 g/mol. The first-order chi connectivity index (χ1) is 6.59. The average Bonchev–Trinajstić information content (AvgIpc) is 2.10. The zero-order valence-corrected chi connectivity index (χ0v) is 7.78. The van der Waals surface area contributed by atoms with E-state index in [2.05, 4.69) is 5.32 Å². The van der Waals surface area contributed by atoms with Crippen molar-refractivity contribution in [2.45, 2.75) is 6.92 Å². The fourth-order valence-electron chi connectivity index (χ4n) is 0.974. The quantitative estimate of drug-likeness (QED) is 0.676. The van der Waals surface area contributed by atoms with E-state index < -0.39 is 5.78 Å². The molecule has 0 saturated carbocycles. The van der Waals surface area contributed by atoms with Gasteiger partial charge < -0.3 is 10.4 Å². The van der Waals surface area contributed by atoms with Crippen molar-refractivity contribution < 1.29 is 14.7 Å². The largest absolute Gasteiger partial charge is 0.504 e. The Bertz CT molecular complexity index is 350. The van der Waals surface area contributed by atoms with Crippen LogP contribution >= 0.6 is 0 Å². The zero-order valence-electron chi connectivity index (χ0n) is 7.78. The van der Waals surface area contributed by atoms with Crippen LogP contribution in [0.1, 0.15) is 6.92 Å². The van der Waals surface area contributed by atoms with Crippen LogP contribution < -0.4 is 5.32 Å². The number of amides is 1. The van der Waals surface area contributed by atoms with Crippen LogP contribution in [0.3, 0.4) is 0 Å². The van der Waals surface area contributed by atoms with Crippen LogP contribution in [0.15, 0.2) is 35.6 Å². The summed E-state index contributed by atoms with van der Waals surface area (Å²) in [5, 5.41) is 11.7. The van der Waals surface area contributed by atoms with Crippen LogP contribution in [0, 0.1) is 0 Å². The number of hydrogen-bond acceptors (Lipinski definition) is 3. The van der Waals surface area contributed by atoms with Crippen molar-refractivity contribution in [3.05, 3.63) is 35.6 Å². The van der Waals surface area contributed by atoms with Crippen LogP contribution in [0.4, 0.5) is 0 Å². The van der Waals surface area contributed by atoms with Gasteiger partial charge in [0.2, 0.25) is 11.7 Å². The van der Waals surface area contributed by atoms with Crippen LogP contribution in [-0.2, 0) is 9.59 Å². The molecule has 1 aliphatic rings. The van der Waals surface area contributed by atoms with Gasteiger partial charge in [-0.3, -0.25) is 9.59 Å². The lowest BCUT2D eigenvalue weighted by Crippen LogP contribution is -2.19. The Balaban J connectivity index is 2.58. The molecule has 4 heteroatoms. The number of allylic oxidation sites excluding steroid dienone is 4. The monoisotopic (exact) mass is 193 g/mol. The molecule has 2 N–H and O–H groups in total. The Morgan fingerprint density at radius 3 is 2.86 bits per heavy atom. The normalized spacial score (nSPS) is 18.2. The number of rotatable bonds is 2. The van der Waals surface area contributed by atoms with E-state index in [4.69, 9.17) is 5.11 Å². The Kier molecular flexibility index (Phi) is 3.23. The standard InChI is InChI=1S/C10H11NO3/c1-7(12)11-5-4-8-2-3-9(13)10(14)6-8/h2-4,6,14H,5H2,1H3,(H,11,12)/b8-4+. The molecule has 1 amide bonds. The maximum Gasteiger partial charge on any atom is 0.220 e. The Labute approximate surface area is 81.6 Å². The van der Waals surface area contributed by atoms with Gasteiger partial charge in [-0.15, -0.1) is 0 Å². The highest BCUT2D eigenvalue weighted by Gasteiger charge is 2.08. The summed E-state index contributed by atoms with van der Waals surface area (Å²) in [4.78, 5) is 21.3. The molecule has 0 spiro atoms. The summed E-state index contributed by atoms with van der Waals surface area (Å²) in [6.45, 7) is 1.80. The zero-order chi connectivity index (χ0) is 10.6. The summed E-state index contributed by atoms with van der Waals surface area (Å²) in [6, 6.07) is 0. The molecule has 0 saturated heterocycles. The van der Waals surface area contributed by atoms with Gasteiger partial charge in [0.05, 0.1) is 0 Å². The lowest BCUT2D eigenvalue weighted by Gasteiger charge is -2.03. The maximum atomic E-state index is 10.8. The van der Waals surface area contributed by atoms with Crippen molar-refractivity contribution in [3.8, 4) is 0 Å². The molecule has 0 aromatic heterocycles. The topological polar surface area (TPSA) is 66.4 Å². The minimum absolute atomic E-state index is 0.120. The van der Waals surface area contributed by atoms with Crippen molar-refractivity contribution in [1.82, 2.24) is 5.32 Å². The molecule has 0 aliphatic heterocycles. The second-order valence-corrected chi connectivity index (χ2v) is 2.87. The highest BCUT2D eigenvalue weighted by molar-refractivity contribution is 6.04. The maximum absolute atomic E-state index is 10.8. The van der Waals surface area contributed by atoms with Gasteiger partial charge in [0.1, 0.15) is 0 Å². The van der Waals surface area contributed by atoms with E-state index in [1.165, 1.54) is 19.1 Å². The summed E-state index contributed by atoms with van der Waals surface area (Å²) in [5.41, 5.74) is 0.704. The van der Waals surface area contributed by atoms with Gasteiger partial charge in [-0.1, -0.05) is 12.2 Å². The minimum atomic E-state index is -0.401. The van der Waals surface area contributed by atoms with Gasteiger partial charge in [0, 0.05) is 13.5 Å². The molecule has 0 unspecified atom stereocenters. The fraction of sp³-hybridized carbons (Fsp3) is 0.200. The number of aliphatic hydroxyl groups is 1. The summed E-state index contributed by atoms with van der Waals surface area (Å²) in [6.07, 6.45) is 5.95. The van der Waals surface area contributed by atoms with Crippen LogP contribution in [0.25, 0.3) is 0 Å². The molecule has 74 valence electrons. The van der Waals surface area contributed by atoms with E-state index in [1.807, 2.05) is 0 Å². The summed E-state index contributed by atoms with van der Waals surface area (Å²) < 4.78 is 0. The minimum Gasteiger partial charge on any atom is -0.504 e. The van der Waals surface area contributed by atoms with E-state index in [-0.39, 0.29) is 11.7 Å². The first-order valence-electron chi connectivity index (χ1n) is 4.17. The van der Waals surface area contributed by atoms with Gasteiger partial charge in [0.25, 0.3) is 0 Å². The van der Waals surface area contributed by atoms with Crippen molar-refractivity contribution in [2.75, 3.05) is 6.54 Å². The van der Waals surface area contributed by atoms with Gasteiger partial charge in [0.15, 0.2) is 5.76 Å². The van der Waals surface area contributed by atoms with Crippen molar-refractivity contribution in [3.63, 3.8) is 0 Å². The van der Waals surface area contributed by atoms with Crippen LogP contribution in [0.2, 0.25) is 0 Å². The smallest absolute Gasteiger partial charge is 0.220 e. The third kappa shape index (κ3) is 2.90. The molecular formula is C10H11NO3. The second-order valence-electron chi connectivity index (χ2n) is 2.87. The fourth-order valence-corrected chi connectivity index (χ4v) is 0.974. The highest BCUT2D eigenvalue weighted by atomic mass is 16.3. The van der Waals surface area contributed by atoms with E-state index >= 15 is 0 Å². The summed E-state index contributed by atoms with van der Waals surface area (Å²) in [5.74, 6) is -0.797. The third-order valence-corrected chi connectivity index (χ3v) is 1.67. The molecule has 0 aromatic rings. The van der Waals surface area contributed by atoms with E-state index in [0.29, 0.717) is 12.1 Å². The molecule has 14 heavy (non-hydrogen) atoms. The van der Waals surface area contributed by atoms with E-state index in [9.17, 15) is 9.59 Å². The molecule has 0 fully saturated rings. The van der Waals surface area contributed by atoms with Gasteiger partial charge in [-0.05, 0) is 17.7 Å². The van der Waals surface area contributed by atoms with Gasteiger partial charge >= 0.3 is 0 Å². The summed E-state index contributed by atoms with van der Waals surface area (Å²) >= 11 is 0. The third-order valence-electron chi connectivity index (χ3n) is 1.67. The van der Waals surface area contributed by atoms with Crippen molar-refractivity contribution in [2.24, 2.45) is 0 Å². The number of ketones is 1. The molecule has 4 nitrogen and oxygen atoms in total. The molecule has 0 atom stereocenters. The molecular weight excluding hydrogens is 182 g/mol. The molecule has 1 rings (SSSR count). The predicted molar refractivity (Wildman–Crippen MR) is 51.6 cm³/mol. The van der Waals surface area contributed by atoms with Crippen LogP contribution in [0.5, 0.6) is 0 Å². The van der Waals surface area contributed by atoms with E-state index in [0.717, 1.165) is 0 Å². The SMILES string of the molecule is CC(=O)NC/C=C1\C=CC(=O)C(O)=C1. The van der Waals surface area contributed by atoms with Crippen molar-refractivity contribution >= 4 is 11.7 Å². The Hall–Kier alpha value is -1.84. The predicted octanol–water partition coefficient (Wildman–Crippen LogP) is 0.630. The first kappa shape index (κ1) is 10.2. The Morgan fingerprint density at radius 1 is 1.57 bits per heavy atom. The lowest BCUT2D eigenvalue weighted by atomic mass is 10.1. The number of aliphatic hydroxyl groups excluding tert-OH is 1. The Morgan fingerprint density at radius 2 is 2.29 bits per heavy atom. The number of nitrogens with one attached hydrogen (secondary N) is 1. The number of carbonyl (C=O) groups is 2. The summed E-state index contributed by atoms with van der Waals surface area (Å²) in [7, 11) is 0.